The number of hydrogen-bond acceptors (Lipinski definition) is 6. The Morgan fingerprint density at radius 1 is 1.13 bits per heavy atom. The smallest absolute Gasteiger partial charge is 0.350 e. The first-order valence-corrected chi connectivity index (χ1v) is 12.3. The summed E-state index contributed by atoms with van der Waals surface area (Å²) in [6.07, 6.45) is 10.6. The molecule has 7 heteroatoms. The van der Waals surface area contributed by atoms with E-state index in [9.17, 15) is 9.59 Å². The molecule has 1 saturated carbocycles. The van der Waals surface area contributed by atoms with Gasteiger partial charge >= 0.3 is 5.97 Å². The standard InChI is InChI=1S/C24H33NO5S/c1-16-8-10-18(11-9-16)23(26)25(19-13-29-15-30-14-19)20-12-21(17-6-4-3-5-7-17)31-22(20)24(27)28-2/h6,12,16,18-19H,3-5,7-11,13-15H2,1-2H3/t16-,18-. The third-order valence-electron chi connectivity index (χ3n) is 6.71. The minimum Gasteiger partial charge on any atom is -0.465 e. The van der Waals surface area contributed by atoms with Crippen LogP contribution in [0.25, 0.3) is 5.57 Å². The van der Waals surface area contributed by atoms with Crippen LogP contribution in [0, 0.1) is 11.8 Å². The lowest BCUT2D eigenvalue weighted by atomic mass is 9.82. The van der Waals surface area contributed by atoms with Gasteiger partial charge < -0.3 is 19.1 Å². The van der Waals surface area contributed by atoms with Crippen molar-refractivity contribution < 1.29 is 23.8 Å². The Labute approximate surface area is 188 Å². The summed E-state index contributed by atoms with van der Waals surface area (Å²) in [6.45, 7) is 3.30. The van der Waals surface area contributed by atoms with E-state index >= 15 is 0 Å². The maximum atomic E-state index is 13.8. The summed E-state index contributed by atoms with van der Waals surface area (Å²) >= 11 is 1.44. The molecule has 2 fully saturated rings. The summed E-state index contributed by atoms with van der Waals surface area (Å²) in [4.78, 5) is 29.9. The van der Waals surface area contributed by atoms with Gasteiger partial charge in [-0.3, -0.25) is 4.79 Å². The monoisotopic (exact) mass is 447 g/mol. The number of nitrogens with zero attached hydrogens (tertiary/aromatic N) is 1. The van der Waals surface area contributed by atoms with E-state index in [1.54, 1.807) is 4.90 Å². The zero-order valence-corrected chi connectivity index (χ0v) is 19.4. The van der Waals surface area contributed by atoms with Crippen LogP contribution in [0.5, 0.6) is 0 Å². The van der Waals surface area contributed by atoms with Crippen molar-refractivity contribution in [1.82, 2.24) is 0 Å². The molecular formula is C24H33NO5S. The normalized spacial score (nSPS) is 25.0. The number of methoxy groups -OCH3 is 1. The molecule has 2 heterocycles. The second-order valence-electron chi connectivity index (χ2n) is 8.97. The van der Waals surface area contributed by atoms with E-state index in [1.807, 2.05) is 6.07 Å². The molecule has 0 aromatic carbocycles. The van der Waals surface area contributed by atoms with E-state index in [2.05, 4.69) is 13.0 Å². The number of anilines is 1. The quantitative estimate of drug-likeness (QED) is 0.593. The van der Waals surface area contributed by atoms with Crippen molar-refractivity contribution in [3.8, 4) is 0 Å². The minimum atomic E-state index is -0.393. The van der Waals surface area contributed by atoms with E-state index in [1.165, 1.54) is 30.4 Å². The van der Waals surface area contributed by atoms with E-state index in [0.29, 0.717) is 29.7 Å². The Morgan fingerprint density at radius 3 is 2.52 bits per heavy atom. The molecule has 6 nitrogen and oxygen atoms in total. The summed E-state index contributed by atoms with van der Waals surface area (Å²) in [6, 6.07) is 1.78. The first kappa shape index (κ1) is 22.5. The third kappa shape index (κ3) is 5.04. The van der Waals surface area contributed by atoms with E-state index in [0.717, 1.165) is 49.8 Å². The van der Waals surface area contributed by atoms with Gasteiger partial charge in [-0.15, -0.1) is 11.3 Å². The van der Waals surface area contributed by atoms with Crippen molar-refractivity contribution in [3.05, 3.63) is 21.9 Å². The van der Waals surface area contributed by atoms with Gasteiger partial charge in [0.05, 0.1) is 32.1 Å². The SMILES string of the molecule is COC(=O)c1sc(C2=CCCCC2)cc1N(C(=O)[C@H]1CC[C@H](C)CC1)C1COCOC1. The van der Waals surface area contributed by atoms with Gasteiger partial charge in [0.2, 0.25) is 5.91 Å². The Morgan fingerprint density at radius 2 is 1.87 bits per heavy atom. The zero-order valence-electron chi connectivity index (χ0n) is 18.6. The van der Waals surface area contributed by atoms with Crippen LogP contribution in [0.2, 0.25) is 0 Å². The van der Waals surface area contributed by atoms with Gasteiger partial charge in [-0.05, 0) is 68.9 Å². The van der Waals surface area contributed by atoms with Crippen molar-refractivity contribution in [3.63, 3.8) is 0 Å². The third-order valence-corrected chi connectivity index (χ3v) is 7.88. The average molecular weight is 448 g/mol. The van der Waals surface area contributed by atoms with Gasteiger partial charge in [0.1, 0.15) is 11.7 Å². The highest BCUT2D eigenvalue weighted by atomic mass is 32.1. The number of hydrogen-bond donors (Lipinski definition) is 0. The van der Waals surface area contributed by atoms with Gasteiger partial charge in [0.15, 0.2) is 0 Å². The van der Waals surface area contributed by atoms with Crippen LogP contribution in [0.4, 0.5) is 5.69 Å². The molecule has 1 aromatic heterocycles. The number of rotatable bonds is 5. The number of carbonyl (C=O) groups is 2. The molecule has 0 radical (unpaired) electrons. The van der Waals surface area contributed by atoms with Crippen LogP contribution in [-0.4, -0.2) is 45.0 Å². The van der Waals surface area contributed by atoms with Gasteiger partial charge in [-0.25, -0.2) is 4.79 Å². The van der Waals surface area contributed by atoms with Gasteiger partial charge in [0, 0.05) is 10.8 Å². The van der Waals surface area contributed by atoms with Crippen molar-refractivity contribution >= 4 is 34.5 Å². The van der Waals surface area contributed by atoms with E-state index in [4.69, 9.17) is 14.2 Å². The van der Waals surface area contributed by atoms with Gasteiger partial charge in [-0.2, -0.15) is 0 Å². The molecule has 1 amide bonds. The van der Waals surface area contributed by atoms with Gasteiger partial charge in [-0.1, -0.05) is 13.0 Å². The lowest BCUT2D eigenvalue weighted by Gasteiger charge is -2.37. The maximum Gasteiger partial charge on any atom is 0.350 e. The highest BCUT2D eigenvalue weighted by molar-refractivity contribution is 7.15. The number of esters is 1. The molecule has 0 unspecified atom stereocenters. The molecule has 1 aromatic rings. The molecule has 170 valence electrons. The molecule has 0 N–H and O–H groups in total. The molecule has 2 aliphatic carbocycles. The van der Waals surface area contributed by atoms with E-state index < -0.39 is 5.97 Å². The average Bonchev–Trinajstić information content (AvgIpc) is 3.25. The zero-order chi connectivity index (χ0) is 21.8. The van der Waals surface area contributed by atoms with Gasteiger partial charge in [0.25, 0.3) is 0 Å². The Balaban J connectivity index is 1.72. The number of carbonyl (C=O) groups excluding carboxylic acids is 2. The molecule has 1 saturated heterocycles. The van der Waals surface area contributed by atoms with E-state index in [-0.39, 0.29) is 24.7 Å². The predicted octanol–water partition coefficient (Wildman–Crippen LogP) is 5.02. The fourth-order valence-electron chi connectivity index (χ4n) is 4.84. The number of amides is 1. The number of allylic oxidation sites excluding steroid dienone is 2. The van der Waals surface area contributed by atoms with Crippen molar-refractivity contribution in [2.75, 3.05) is 32.0 Å². The summed E-state index contributed by atoms with van der Waals surface area (Å²) in [5.74, 6) is 0.324. The van der Waals surface area contributed by atoms with Crippen LogP contribution in [0.1, 0.15) is 72.8 Å². The second-order valence-corrected chi connectivity index (χ2v) is 10.0. The summed E-state index contributed by atoms with van der Waals surface area (Å²) in [5.41, 5.74) is 1.92. The second kappa shape index (κ2) is 10.3. The van der Waals surface area contributed by atoms with Crippen molar-refractivity contribution in [2.24, 2.45) is 11.8 Å². The first-order chi connectivity index (χ1) is 15.1. The molecule has 0 bridgehead atoms. The predicted molar refractivity (Wildman–Crippen MR) is 121 cm³/mol. The first-order valence-electron chi connectivity index (χ1n) is 11.5. The van der Waals surface area contributed by atoms with Crippen molar-refractivity contribution in [1.29, 1.82) is 0 Å². The van der Waals surface area contributed by atoms with Crippen LogP contribution >= 0.6 is 11.3 Å². The maximum absolute atomic E-state index is 13.8. The Bertz CT molecular complexity index is 818. The summed E-state index contributed by atoms with van der Waals surface area (Å²) in [5, 5.41) is 0. The lowest BCUT2D eigenvalue weighted by Crippen LogP contribution is -2.51. The molecule has 0 spiro atoms. The minimum absolute atomic E-state index is 0.0270. The highest BCUT2D eigenvalue weighted by Crippen LogP contribution is 2.41. The Kier molecular flexibility index (Phi) is 7.46. The van der Waals surface area contributed by atoms with Crippen molar-refractivity contribution in [2.45, 2.75) is 64.3 Å². The largest absolute Gasteiger partial charge is 0.465 e. The fraction of sp³-hybridized carbons (Fsp3) is 0.667. The molecule has 3 aliphatic rings. The molecular weight excluding hydrogens is 414 g/mol. The summed E-state index contributed by atoms with van der Waals surface area (Å²) in [7, 11) is 1.40. The highest BCUT2D eigenvalue weighted by Gasteiger charge is 2.37. The van der Waals surface area contributed by atoms with Crippen LogP contribution < -0.4 is 4.90 Å². The van der Waals surface area contributed by atoms with Crippen LogP contribution in [-0.2, 0) is 19.0 Å². The summed E-state index contributed by atoms with van der Waals surface area (Å²) < 4.78 is 16.2. The van der Waals surface area contributed by atoms with Crippen LogP contribution in [0.15, 0.2) is 12.1 Å². The number of ether oxygens (including phenoxy) is 3. The Hall–Kier alpha value is -1.70. The fourth-order valence-corrected chi connectivity index (χ4v) is 5.98. The number of thiophene rings is 1. The molecule has 4 rings (SSSR count). The molecule has 31 heavy (non-hydrogen) atoms. The molecule has 0 atom stereocenters. The molecule has 1 aliphatic heterocycles. The van der Waals surface area contributed by atoms with Crippen LogP contribution in [0.3, 0.4) is 0 Å². The lowest BCUT2D eigenvalue weighted by molar-refractivity contribution is -0.131. The topological polar surface area (TPSA) is 65.1 Å².